The number of hydrogen-bond acceptors (Lipinski definition) is 7. The standard InChI is InChI=1S/C26H36N6O4S/c1-4-11-27-23(34)20-19-9-10-26(37-19)21(20)25(36)32(16(13-33)12-15(2)3)22(26)24(35)28-14-31-18-8-6-5-7-17(18)29-30-31/h5-8,15-16,19-22,33H,4,9-14H2,1-3H3,(H,27,34)(H,28,35)/t16-,19+,20-,21+,22?,26?/m1/s1. The Labute approximate surface area is 220 Å². The molecule has 200 valence electrons. The molecule has 3 fully saturated rings. The van der Waals surface area contributed by atoms with Crippen LogP contribution >= 0.6 is 11.8 Å². The molecule has 3 saturated heterocycles. The van der Waals surface area contributed by atoms with Crippen LogP contribution in [-0.2, 0) is 21.1 Å². The number of rotatable bonds is 10. The number of aromatic nitrogens is 3. The van der Waals surface area contributed by atoms with E-state index in [9.17, 15) is 19.5 Å². The average Bonchev–Trinajstić information content (AvgIpc) is 3.63. The molecule has 0 saturated carbocycles. The molecule has 4 heterocycles. The zero-order valence-electron chi connectivity index (χ0n) is 21.6. The maximum absolute atomic E-state index is 14.1. The number of carbonyl (C=O) groups is 3. The van der Waals surface area contributed by atoms with Gasteiger partial charge in [0.25, 0.3) is 0 Å². The average molecular weight is 529 g/mol. The fraction of sp³-hybridized carbons (Fsp3) is 0.654. The smallest absolute Gasteiger partial charge is 0.245 e. The number of likely N-dealkylation sites (tertiary alicyclic amines) is 1. The number of benzene rings is 1. The van der Waals surface area contributed by atoms with Gasteiger partial charge >= 0.3 is 0 Å². The van der Waals surface area contributed by atoms with E-state index < -0.39 is 28.7 Å². The predicted octanol–water partition coefficient (Wildman–Crippen LogP) is 1.53. The Morgan fingerprint density at radius 1 is 1.24 bits per heavy atom. The van der Waals surface area contributed by atoms with E-state index in [1.165, 1.54) is 0 Å². The highest BCUT2D eigenvalue weighted by Crippen LogP contribution is 2.66. The lowest BCUT2D eigenvalue weighted by molar-refractivity contribution is -0.143. The van der Waals surface area contributed by atoms with Crippen LogP contribution in [0.15, 0.2) is 24.3 Å². The second kappa shape index (κ2) is 10.2. The molecule has 10 nitrogen and oxygen atoms in total. The molecule has 0 aliphatic carbocycles. The van der Waals surface area contributed by atoms with Gasteiger partial charge in [-0.2, -0.15) is 0 Å². The number of para-hydroxylation sites is 1. The van der Waals surface area contributed by atoms with Crippen LogP contribution in [0, 0.1) is 17.8 Å². The summed E-state index contributed by atoms with van der Waals surface area (Å²) in [5, 5.41) is 24.7. The van der Waals surface area contributed by atoms with Gasteiger partial charge < -0.3 is 20.6 Å². The van der Waals surface area contributed by atoms with Crippen LogP contribution in [0.5, 0.6) is 0 Å². The Morgan fingerprint density at radius 3 is 2.76 bits per heavy atom. The van der Waals surface area contributed by atoms with Gasteiger partial charge in [0.1, 0.15) is 18.2 Å². The molecule has 1 aromatic heterocycles. The lowest BCUT2D eigenvalue weighted by Gasteiger charge is -2.37. The maximum Gasteiger partial charge on any atom is 0.245 e. The molecule has 3 amide bonds. The number of thioether (sulfide) groups is 1. The summed E-state index contributed by atoms with van der Waals surface area (Å²) in [6.07, 6.45) is 2.87. The Hall–Kier alpha value is -2.66. The minimum absolute atomic E-state index is 0.0141. The third-order valence-electron chi connectivity index (χ3n) is 8.01. The largest absolute Gasteiger partial charge is 0.394 e. The zero-order valence-corrected chi connectivity index (χ0v) is 22.4. The maximum atomic E-state index is 14.1. The summed E-state index contributed by atoms with van der Waals surface area (Å²) in [5.74, 6) is -1.37. The molecule has 1 spiro atoms. The molecule has 5 rings (SSSR count). The highest BCUT2D eigenvalue weighted by molar-refractivity contribution is 8.02. The van der Waals surface area contributed by atoms with Crippen molar-refractivity contribution in [1.29, 1.82) is 0 Å². The van der Waals surface area contributed by atoms with E-state index in [4.69, 9.17) is 0 Å². The Bertz CT molecular complexity index is 1190. The van der Waals surface area contributed by atoms with E-state index in [-0.39, 0.29) is 42.2 Å². The molecule has 2 aromatic rings. The van der Waals surface area contributed by atoms with Crippen LogP contribution in [0.2, 0.25) is 0 Å². The van der Waals surface area contributed by atoms with Crippen molar-refractivity contribution in [2.45, 2.75) is 75.2 Å². The van der Waals surface area contributed by atoms with Crippen molar-refractivity contribution in [1.82, 2.24) is 30.5 Å². The SMILES string of the molecule is CCCNC(=O)[C@@H]1[C@@H]2CCC3(S2)C(C(=O)NCn2nnc4ccccc42)N([C@@H](CO)CC(C)C)C(=O)[C@H]13. The number of hydrogen-bond donors (Lipinski definition) is 3. The fourth-order valence-corrected chi connectivity index (χ4v) is 8.76. The summed E-state index contributed by atoms with van der Waals surface area (Å²) in [7, 11) is 0. The first kappa shape index (κ1) is 26.0. The topological polar surface area (TPSA) is 129 Å². The molecule has 1 aromatic carbocycles. The highest BCUT2D eigenvalue weighted by Gasteiger charge is 2.74. The van der Waals surface area contributed by atoms with E-state index in [0.29, 0.717) is 19.4 Å². The van der Waals surface area contributed by atoms with Crippen molar-refractivity contribution in [2.24, 2.45) is 17.8 Å². The fourth-order valence-electron chi connectivity index (χ4n) is 6.55. The van der Waals surface area contributed by atoms with Gasteiger partial charge in [-0.1, -0.05) is 38.1 Å². The molecule has 37 heavy (non-hydrogen) atoms. The molecule has 11 heteroatoms. The minimum Gasteiger partial charge on any atom is -0.394 e. The van der Waals surface area contributed by atoms with Crippen molar-refractivity contribution in [2.75, 3.05) is 13.2 Å². The van der Waals surface area contributed by atoms with Crippen molar-refractivity contribution < 1.29 is 19.5 Å². The van der Waals surface area contributed by atoms with Gasteiger partial charge in [-0.15, -0.1) is 16.9 Å². The number of amides is 3. The molecule has 2 bridgehead atoms. The van der Waals surface area contributed by atoms with Gasteiger partial charge in [-0.25, -0.2) is 4.68 Å². The van der Waals surface area contributed by atoms with E-state index in [2.05, 4.69) is 20.9 Å². The number of fused-ring (bicyclic) bond motifs is 2. The Morgan fingerprint density at radius 2 is 2.03 bits per heavy atom. The first-order chi connectivity index (χ1) is 17.8. The van der Waals surface area contributed by atoms with Crippen molar-refractivity contribution in [3.8, 4) is 0 Å². The Balaban J connectivity index is 1.47. The molecule has 6 atom stereocenters. The summed E-state index contributed by atoms with van der Waals surface area (Å²) >= 11 is 1.64. The van der Waals surface area contributed by atoms with E-state index >= 15 is 0 Å². The minimum atomic E-state index is -0.769. The normalized spacial score (nSPS) is 29.2. The van der Waals surface area contributed by atoms with Crippen LogP contribution in [-0.4, -0.2) is 78.0 Å². The van der Waals surface area contributed by atoms with Crippen LogP contribution in [0.25, 0.3) is 11.0 Å². The monoisotopic (exact) mass is 528 g/mol. The molecule has 3 aliphatic heterocycles. The molecular weight excluding hydrogens is 492 g/mol. The number of aliphatic hydroxyl groups is 1. The summed E-state index contributed by atoms with van der Waals surface area (Å²) in [6, 6.07) is 6.26. The lowest BCUT2D eigenvalue weighted by Crippen LogP contribution is -2.57. The summed E-state index contributed by atoms with van der Waals surface area (Å²) < 4.78 is 0.941. The quantitative estimate of drug-likeness (QED) is 0.426. The zero-order chi connectivity index (χ0) is 26.3. The first-order valence-corrected chi connectivity index (χ1v) is 14.1. The van der Waals surface area contributed by atoms with Gasteiger partial charge in [-0.3, -0.25) is 14.4 Å². The van der Waals surface area contributed by atoms with Crippen molar-refractivity contribution >= 4 is 40.5 Å². The lowest BCUT2D eigenvalue weighted by atomic mass is 9.70. The van der Waals surface area contributed by atoms with Gasteiger partial charge in [0.15, 0.2) is 0 Å². The second-order valence-electron chi connectivity index (χ2n) is 10.8. The molecule has 2 unspecified atom stereocenters. The van der Waals surface area contributed by atoms with Crippen LogP contribution in [0.1, 0.15) is 46.5 Å². The van der Waals surface area contributed by atoms with Gasteiger partial charge in [0.05, 0.1) is 34.7 Å². The van der Waals surface area contributed by atoms with Gasteiger partial charge in [-0.05, 0) is 43.7 Å². The first-order valence-electron chi connectivity index (χ1n) is 13.3. The van der Waals surface area contributed by atoms with Crippen molar-refractivity contribution in [3.05, 3.63) is 24.3 Å². The van der Waals surface area contributed by atoms with Gasteiger partial charge in [0.2, 0.25) is 17.7 Å². The summed E-state index contributed by atoms with van der Waals surface area (Å²) in [4.78, 5) is 42.9. The molecule has 0 radical (unpaired) electrons. The third kappa shape index (κ3) is 4.29. The number of nitrogens with zero attached hydrogens (tertiary/aromatic N) is 4. The van der Waals surface area contributed by atoms with E-state index in [1.807, 2.05) is 45.0 Å². The summed E-state index contributed by atoms with van der Waals surface area (Å²) in [6.45, 7) is 6.51. The van der Waals surface area contributed by atoms with Crippen LogP contribution < -0.4 is 10.6 Å². The molecule has 3 N–H and O–H groups in total. The molecular formula is C26H36N6O4S. The van der Waals surface area contributed by atoms with E-state index in [0.717, 1.165) is 23.9 Å². The third-order valence-corrected chi connectivity index (χ3v) is 9.96. The summed E-state index contributed by atoms with van der Waals surface area (Å²) in [5.41, 5.74) is 1.53. The van der Waals surface area contributed by atoms with Crippen LogP contribution in [0.3, 0.4) is 0 Å². The second-order valence-corrected chi connectivity index (χ2v) is 12.4. The number of aliphatic hydroxyl groups excluding tert-OH is 1. The van der Waals surface area contributed by atoms with Gasteiger partial charge in [0, 0.05) is 11.8 Å². The number of nitrogens with one attached hydrogen (secondary N) is 2. The highest BCUT2D eigenvalue weighted by atomic mass is 32.2. The predicted molar refractivity (Wildman–Crippen MR) is 140 cm³/mol. The van der Waals surface area contributed by atoms with Crippen molar-refractivity contribution in [3.63, 3.8) is 0 Å². The Kier molecular flexibility index (Phi) is 7.19. The van der Waals surface area contributed by atoms with Crippen LogP contribution in [0.4, 0.5) is 0 Å². The number of carbonyl (C=O) groups excluding carboxylic acids is 3. The molecule has 3 aliphatic rings. The van der Waals surface area contributed by atoms with E-state index in [1.54, 1.807) is 21.3 Å².